The Labute approximate surface area is 112 Å². The van der Waals surface area contributed by atoms with E-state index in [4.69, 9.17) is 11.6 Å². The van der Waals surface area contributed by atoms with Crippen molar-refractivity contribution in [3.05, 3.63) is 58.9 Å². The Kier molecular flexibility index (Phi) is 4.00. The molecule has 0 spiro atoms. The second-order valence-corrected chi connectivity index (χ2v) is 4.66. The van der Waals surface area contributed by atoms with Gasteiger partial charge in [-0.05, 0) is 43.3 Å². The first-order valence-corrected chi connectivity index (χ1v) is 6.23. The summed E-state index contributed by atoms with van der Waals surface area (Å²) in [6, 6.07) is 12.7. The minimum atomic E-state index is -0.293. The molecule has 0 aromatic heterocycles. The van der Waals surface area contributed by atoms with Crippen LogP contribution < -0.4 is 5.32 Å². The van der Waals surface area contributed by atoms with Crippen LogP contribution in [-0.2, 0) is 0 Å². The van der Waals surface area contributed by atoms with Crippen molar-refractivity contribution in [2.75, 3.05) is 7.05 Å². The van der Waals surface area contributed by atoms with E-state index in [2.05, 4.69) is 5.32 Å². The van der Waals surface area contributed by atoms with Crippen LogP contribution in [0.15, 0.2) is 42.5 Å². The summed E-state index contributed by atoms with van der Waals surface area (Å²) in [4.78, 5) is 0. The number of nitrogens with one attached hydrogen (secondary N) is 1. The van der Waals surface area contributed by atoms with E-state index in [0.29, 0.717) is 10.6 Å². The molecular weight excluding hydrogens is 249 g/mol. The number of rotatable bonds is 3. The zero-order valence-corrected chi connectivity index (χ0v) is 11.1. The summed E-state index contributed by atoms with van der Waals surface area (Å²) in [5.74, 6) is -0.293. The predicted octanol–water partition coefficient (Wildman–Crippen LogP) is 4.43. The van der Waals surface area contributed by atoms with Gasteiger partial charge >= 0.3 is 0 Å². The van der Waals surface area contributed by atoms with Crippen molar-refractivity contribution in [3.63, 3.8) is 0 Å². The Hall–Kier alpha value is -1.38. The first-order chi connectivity index (χ1) is 8.63. The largest absolute Gasteiger partial charge is 0.313 e. The number of hydrogen-bond donors (Lipinski definition) is 1. The molecular formula is C15H15ClFN. The minimum absolute atomic E-state index is 0.163. The average molecular weight is 264 g/mol. The fourth-order valence-electron chi connectivity index (χ4n) is 1.98. The Balaban J connectivity index is 2.56. The van der Waals surface area contributed by atoms with Gasteiger partial charge in [-0.1, -0.05) is 35.9 Å². The van der Waals surface area contributed by atoms with Gasteiger partial charge in [0, 0.05) is 16.6 Å². The van der Waals surface area contributed by atoms with Crippen LogP contribution in [0, 0.1) is 5.82 Å². The maximum absolute atomic E-state index is 14.0. The van der Waals surface area contributed by atoms with Crippen LogP contribution in [0.2, 0.25) is 5.02 Å². The van der Waals surface area contributed by atoms with Crippen LogP contribution in [0.5, 0.6) is 0 Å². The molecule has 2 aromatic rings. The van der Waals surface area contributed by atoms with Crippen molar-refractivity contribution in [1.29, 1.82) is 0 Å². The molecule has 0 heterocycles. The predicted molar refractivity (Wildman–Crippen MR) is 74.3 cm³/mol. The number of hydrogen-bond acceptors (Lipinski definition) is 1. The van der Waals surface area contributed by atoms with E-state index >= 15 is 0 Å². The molecule has 0 aliphatic heterocycles. The molecule has 18 heavy (non-hydrogen) atoms. The highest BCUT2D eigenvalue weighted by atomic mass is 35.5. The highest BCUT2D eigenvalue weighted by Crippen LogP contribution is 2.31. The van der Waals surface area contributed by atoms with Gasteiger partial charge in [-0.15, -0.1) is 0 Å². The summed E-state index contributed by atoms with van der Waals surface area (Å²) in [5, 5.41) is 3.59. The molecule has 0 radical (unpaired) electrons. The summed E-state index contributed by atoms with van der Waals surface area (Å²) in [7, 11) is 1.89. The zero-order valence-electron chi connectivity index (χ0n) is 10.4. The van der Waals surface area contributed by atoms with E-state index < -0.39 is 0 Å². The molecule has 0 bridgehead atoms. The smallest absolute Gasteiger partial charge is 0.132 e. The Morgan fingerprint density at radius 1 is 1.11 bits per heavy atom. The maximum atomic E-state index is 14.0. The second kappa shape index (κ2) is 5.51. The van der Waals surface area contributed by atoms with Gasteiger partial charge in [0.1, 0.15) is 5.82 Å². The topological polar surface area (TPSA) is 12.0 Å². The molecule has 0 saturated carbocycles. The second-order valence-electron chi connectivity index (χ2n) is 4.22. The fourth-order valence-corrected chi connectivity index (χ4v) is 2.14. The highest BCUT2D eigenvalue weighted by Gasteiger charge is 2.13. The lowest BCUT2D eigenvalue weighted by Gasteiger charge is -2.16. The van der Waals surface area contributed by atoms with E-state index in [0.717, 1.165) is 11.1 Å². The van der Waals surface area contributed by atoms with E-state index in [1.807, 2.05) is 38.2 Å². The van der Waals surface area contributed by atoms with Crippen LogP contribution in [0.3, 0.4) is 0 Å². The number of benzene rings is 2. The lowest BCUT2D eigenvalue weighted by Crippen LogP contribution is -2.13. The van der Waals surface area contributed by atoms with Gasteiger partial charge in [-0.3, -0.25) is 0 Å². The molecule has 1 atom stereocenters. The van der Waals surface area contributed by atoms with Crippen LogP contribution >= 0.6 is 11.6 Å². The normalized spacial score (nSPS) is 12.4. The zero-order chi connectivity index (χ0) is 13.1. The molecule has 0 aliphatic carbocycles. The average Bonchev–Trinajstić information content (AvgIpc) is 2.38. The van der Waals surface area contributed by atoms with E-state index in [1.165, 1.54) is 6.07 Å². The Morgan fingerprint density at radius 3 is 2.50 bits per heavy atom. The van der Waals surface area contributed by atoms with E-state index in [1.54, 1.807) is 12.1 Å². The molecule has 1 unspecified atom stereocenters. The molecule has 0 aliphatic rings. The standard InChI is InChI=1S/C15H15ClFN/c1-10(18-2)12-5-3-4-6-13(12)14-8-7-11(16)9-15(14)17/h3-10,18H,1-2H3. The molecule has 1 nitrogen and oxygen atoms in total. The molecule has 0 saturated heterocycles. The van der Waals surface area contributed by atoms with Crippen molar-refractivity contribution in [2.24, 2.45) is 0 Å². The first kappa shape index (κ1) is 13.1. The molecule has 94 valence electrons. The maximum Gasteiger partial charge on any atom is 0.132 e. The summed E-state index contributed by atoms with van der Waals surface area (Å²) in [6.45, 7) is 2.05. The number of halogens is 2. The van der Waals surface area contributed by atoms with Gasteiger partial charge in [0.25, 0.3) is 0 Å². The van der Waals surface area contributed by atoms with Crippen molar-refractivity contribution >= 4 is 11.6 Å². The quantitative estimate of drug-likeness (QED) is 0.864. The van der Waals surface area contributed by atoms with Crippen molar-refractivity contribution < 1.29 is 4.39 Å². The molecule has 0 fully saturated rings. The van der Waals surface area contributed by atoms with Crippen molar-refractivity contribution in [1.82, 2.24) is 5.32 Å². The third kappa shape index (κ3) is 2.55. The first-order valence-electron chi connectivity index (χ1n) is 5.85. The van der Waals surface area contributed by atoms with Crippen LogP contribution in [0.4, 0.5) is 4.39 Å². The van der Waals surface area contributed by atoms with Crippen LogP contribution in [0.25, 0.3) is 11.1 Å². The van der Waals surface area contributed by atoms with Gasteiger partial charge in [0.2, 0.25) is 0 Å². The molecule has 3 heteroatoms. The minimum Gasteiger partial charge on any atom is -0.313 e. The van der Waals surface area contributed by atoms with Crippen molar-refractivity contribution in [3.8, 4) is 11.1 Å². The third-order valence-electron chi connectivity index (χ3n) is 3.08. The van der Waals surface area contributed by atoms with Gasteiger partial charge in [0.15, 0.2) is 0 Å². The molecule has 1 N–H and O–H groups in total. The van der Waals surface area contributed by atoms with Gasteiger partial charge in [-0.25, -0.2) is 4.39 Å². The third-order valence-corrected chi connectivity index (χ3v) is 3.32. The molecule has 2 rings (SSSR count). The summed E-state index contributed by atoms with van der Waals surface area (Å²) < 4.78 is 14.0. The fraction of sp³-hybridized carbons (Fsp3) is 0.200. The summed E-state index contributed by atoms with van der Waals surface area (Å²) in [6.07, 6.45) is 0. The van der Waals surface area contributed by atoms with E-state index in [-0.39, 0.29) is 11.9 Å². The molecule has 0 amide bonds. The highest BCUT2D eigenvalue weighted by molar-refractivity contribution is 6.30. The van der Waals surface area contributed by atoms with Gasteiger partial charge in [-0.2, -0.15) is 0 Å². The Bertz CT molecular complexity index is 554. The van der Waals surface area contributed by atoms with Crippen molar-refractivity contribution in [2.45, 2.75) is 13.0 Å². The van der Waals surface area contributed by atoms with Crippen LogP contribution in [0.1, 0.15) is 18.5 Å². The Morgan fingerprint density at radius 2 is 1.83 bits per heavy atom. The lowest BCUT2D eigenvalue weighted by atomic mass is 9.95. The van der Waals surface area contributed by atoms with E-state index in [9.17, 15) is 4.39 Å². The lowest BCUT2D eigenvalue weighted by molar-refractivity contribution is 0.628. The van der Waals surface area contributed by atoms with Gasteiger partial charge < -0.3 is 5.32 Å². The monoisotopic (exact) mass is 263 g/mol. The summed E-state index contributed by atoms with van der Waals surface area (Å²) in [5.41, 5.74) is 2.55. The SMILES string of the molecule is CNC(C)c1ccccc1-c1ccc(Cl)cc1F. The van der Waals surface area contributed by atoms with Crippen LogP contribution in [-0.4, -0.2) is 7.05 Å². The summed E-state index contributed by atoms with van der Waals surface area (Å²) >= 11 is 5.78. The van der Waals surface area contributed by atoms with Gasteiger partial charge in [0.05, 0.1) is 0 Å². The molecule has 2 aromatic carbocycles.